The van der Waals surface area contributed by atoms with Gasteiger partial charge in [0.2, 0.25) is 5.91 Å². The van der Waals surface area contributed by atoms with Gasteiger partial charge in [-0.2, -0.15) is 13.2 Å². The summed E-state index contributed by atoms with van der Waals surface area (Å²) in [6.45, 7) is 1.95. The number of anilines is 1. The SMILES string of the molecule is CCCCC(=O)Nc1cc(C(F)(F)F)ccc1I. The lowest BCUT2D eigenvalue weighted by Gasteiger charge is -2.11. The molecule has 1 N–H and O–H groups in total. The molecule has 2 nitrogen and oxygen atoms in total. The van der Waals surface area contributed by atoms with Gasteiger partial charge >= 0.3 is 6.18 Å². The third-order valence-electron chi connectivity index (χ3n) is 2.33. The predicted molar refractivity (Wildman–Crippen MR) is 72.3 cm³/mol. The van der Waals surface area contributed by atoms with E-state index in [4.69, 9.17) is 0 Å². The highest BCUT2D eigenvalue weighted by atomic mass is 127. The molecule has 0 spiro atoms. The van der Waals surface area contributed by atoms with Gasteiger partial charge in [0.15, 0.2) is 0 Å². The smallest absolute Gasteiger partial charge is 0.325 e. The Bertz CT molecular complexity index is 432. The molecule has 18 heavy (non-hydrogen) atoms. The molecular formula is C12H13F3INO. The Hall–Kier alpha value is -0.790. The standard InChI is InChI=1S/C12H13F3INO/c1-2-3-4-11(18)17-10-7-8(12(13,14)15)5-6-9(10)16/h5-7H,2-4H2,1H3,(H,17,18). The van der Waals surface area contributed by atoms with E-state index in [-0.39, 0.29) is 11.6 Å². The molecule has 1 amide bonds. The number of nitrogens with one attached hydrogen (secondary N) is 1. The van der Waals surface area contributed by atoms with E-state index in [1.807, 2.05) is 29.5 Å². The van der Waals surface area contributed by atoms with Gasteiger partial charge in [-0.05, 0) is 47.2 Å². The minimum absolute atomic E-state index is 0.214. The van der Waals surface area contributed by atoms with Crippen molar-refractivity contribution in [3.63, 3.8) is 0 Å². The average Bonchev–Trinajstić information content (AvgIpc) is 2.28. The molecule has 6 heteroatoms. The number of unbranched alkanes of at least 4 members (excludes halogenated alkanes) is 1. The Morgan fingerprint density at radius 1 is 1.39 bits per heavy atom. The van der Waals surface area contributed by atoms with Crippen molar-refractivity contribution >= 4 is 34.2 Å². The van der Waals surface area contributed by atoms with E-state index in [0.29, 0.717) is 9.99 Å². The van der Waals surface area contributed by atoms with E-state index in [9.17, 15) is 18.0 Å². The van der Waals surface area contributed by atoms with Crippen molar-refractivity contribution in [2.24, 2.45) is 0 Å². The van der Waals surface area contributed by atoms with Crippen molar-refractivity contribution in [2.75, 3.05) is 5.32 Å². The number of rotatable bonds is 4. The van der Waals surface area contributed by atoms with Gasteiger partial charge in [0.1, 0.15) is 0 Å². The highest BCUT2D eigenvalue weighted by Crippen LogP contribution is 2.32. The zero-order valence-electron chi connectivity index (χ0n) is 9.77. The first-order valence-electron chi connectivity index (χ1n) is 5.51. The van der Waals surface area contributed by atoms with Gasteiger partial charge in [-0.1, -0.05) is 13.3 Å². The second-order valence-electron chi connectivity index (χ2n) is 3.84. The van der Waals surface area contributed by atoms with Crippen LogP contribution in [0.15, 0.2) is 18.2 Å². The lowest BCUT2D eigenvalue weighted by atomic mass is 10.2. The maximum Gasteiger partial charge on any atom is 0.416 e. The van der Waals surface area contributed by atoms with Gasteiger partial charge in [0, 0.05) is 9.99 Å². The molecule has 0 saturated carbocycles. The molecule has 0 unspecified atom stereocenters. The third-order valence-corrected chi connectivity index (χ3v) is 3.27. The molecule has 0 fully saturated rings. The summed E-state index contributed by atoms with van der Waals surface area (Å²) in [6, 6.07) is 3.31. The summed E-state index contributed by atoms with van der Waals surface area (Å²) in [5.41, 5.74) is -0.541. The Morgan fingerprint density at radius 2 is 2.06 bits per heavy atom. The zero-order chi connectivity index (χ0) is 13.8. The summed E-state index contributed by atoms with van der Waals surface area (Å²) >= 11 is 1.89. The van der Waals surface area contributed by atoms with E-state index < -0.39 is 11.7 Å². The monoisotopic (exact) mass is 371 g/mol. The van der Waals surface area contributed by atoms with Gasteiger partial charge in [0.05, 0.1) is 11.3 Å². The molecule has 0 atom stereocenters. The Labute approximate surface area is 117 Å². The molecule has 0 aromatic heterocycles. The lowest BCUT2D eigenvalue weighted by molar-refractivity contribution is -0.137. The van der Waals surface area contributed by atoms with Gasteiger partial charge < -0.3 is 5.32 Å². The number of alkyl halides is 3. The van der Waals surface area contributed by atoms with E-state index in [0.717, 1.165) is 25.0 Å². The molecule has 0 heterocycles. The first-order valence-corrected chi connectivity index (χ1v) is 6.59. The number of benzene rings is 1. The first kappa shape index (κ1) is 15.3. The number of hydrogen-bond donors (Lipinski definition) is 1. The van der Waals surface area contributed by atoms with Crippen LogP contribution < -0.4 is 5.32 Å². The van der Waals surface area contributed by atoms with Crippen LogP contribution in [0.2, 0.25) is 0 Å². The Balaban J connectivity index is 2.85. The normalized spacial score (nSPS) is 11.4. The van der Waals surface area contributed by atoms with Crippen LogP contribution in [-0.4, -0.2) is 5.91 Å². The number of carbonyl (C=O) groups is 1. The minimum atomic E-state index is -4.40. The summed E-state index contributed by atoms with van der Waals surface area (Å²) in [5.74, 6) is -0.255. The Kier molecular flexibility index (Phi) is 5.43. The van der Waals surface area contributed by atoms with Gasteiger partial charge in [-0.15, -0.1) is 0 Å². The lowest BCUT2D eigenvalue weighted by Crippen LogP contribution is -2.13. The fourth-order valence-corrected chi connectivity index (χ4v) is 1.82. The molecule has 0 aliphatic rings. The highest BCUT2D eigenvalue weighted by molar-refractivity contribution is 14.1. The molecule has 0 saturated heterocycles. The number of carbonyl (C=O) groups excluding carboxylic acids is 1. The maximum absolute atomic E-state index is 12.5. The molecule has 1 aromatic rings. The average molecular weight is 371 g/mol. The van der Waals surface area contributed by atoms with Crippen LogP contribution in [0.4, 0.5) is 18.9 Å². The van der Waals surface area contributed by atoms with Crippen molar-refractivity contribution < 1.29 is 18.0 Å². The van der Waals surface area contributed by atoms with Crippen molar-refractivity contribution in [1.29, 1.82) is 0 Å². The molecular weight excluding hydrogens is 358 g/mol. The van der Waals surface area contributed by atoms with Crippen LogP contribution >= 0.6 is 22.6 Å². The van der Waals surface area contributed by atoms with Gasteiger partial charge in [-0.25, -0.2) is 0 Å². The molecule has 1 rings (SSSR count). The summed E-state index contributed by atoms with van der Waals surface area (Å²) < 4.78 is 38.2. The van der Waals surface area contributed by atoms with Gasteiger partial charge in [0.25, 0.3) is 0 Å². The second kappa shape index (κ2) is 6.40. The van der Waals surface area contributed by atoms with Crippen LogP contribution in [0.5, 0.6) is 0 Å². The van der Waals surface area contributed by atoms with Crippen molar-refractivity contribution in [3.8, 4) is 0 Å². The summed E-state index contributed by atoms with van der Waals surface area (Å²) in [4.78, 5) is 11.5. The van der Waals surface area contributed by atoms with Gasteiger partial charge in [-0.3, -0.25) is 4.79 Å². The fourth-order valence-electron chi connectivity index (χ4n) is 1.35. The molecule has 1 aromatic carbocycles. The van der Waals surface area contributed by atoms with Crippen LogP contribution in [-0.2, 0) is 11.0 Å². The molecule has 100 valence electrons. The van der Waals surface area contributed by atoms with Crippen molar-refractivity contribution in [3.05, 3.63) is 27.3 Å². The quantitative estimate of drug-likeness (QED) is 0.780. The predicted octanol–water partition coefficient (Wildman–Crippen LogP) is 4.44. The molecule has 0 bridgehead atoms. The topological polar surface area (TPSA) is 29.1 Å². The van der Waals surface area contributed by atoms with E-state index in [1.54, 1.807) is 0 Å². The van der Waals surface area contributed by atoms with Crippen molar-refractivity contribution in [2.45, 2.75) is 32.4 Å². The van der Waals surface area contributed by atoms with E-state index >= 15 is 0 Å². The first-order chi connectivity index (χ1) is 8.34. The molecule has 0 aliphatic carbocycles. The number of halogens is 4. The summed E-state index contributed by atoms with van der Waals surface area (Å²) in [6.07, 6.45) is -2.48. The zero-order valence-corrected chi connectivity index (χ0v) is 11.9. The number of amides is 1. The Morgan fingerprint density at radius 3 is 2.61 bits per heavy atom. The molecule has 0 radical (unpaired) electrons. The van der Waals surface area contributed by atoms with Crippen LogP contribution in [0.25, 0.3) is 0 Å². The largest absolute Gasteiger partial charge is 0.416 e. The molecule has 0 aliphatic heterocycles. The fraction of sp³-hybridized carbons (Fsp3) is 0.417. The number of hydrogen-bond acceptors (Lipinski definition) is 1. The highest BCUT2D eigenvalue weighted by Gasteiger charge is 2.31. The van der Waals surface area contributed by atoms with Crippen LogP contribution in [0, 0.1) is 3.57 Å². The minimum Gasteiger partial charge on any atom is -0.325 e. The summed E-state index contributed by atoms with van der Waals surface area (Å²) in [5, 5.41) is 2.51. The summed E-state index contributed by atoms with van der Waals surface area (Å²) in [7, 11) is 0. The van der Waals surface area contributed by atoms with E-state index in [2.05, 4.69) is 5.32 Å². The van der Waals surface area contributed by atoms with E-state index in [1.165, 1.54) is 6.07 Å². The third kappa shape index (κ3) is 4.47. The maximum atomic E-state index is 12.5. The van der Waals surface area contributed by atoms with Crippen LogP contribution in [0.3, 0.4) is 0 Å². The second-order valence-corrected chi connectivity index (χ2v) is 5.01. The van der Waals surface area contributed by atoms with Crippen molar-refractivity contribution in [1.82, 2.24) is 0 Å². The van der Waals surface area contributed by atoms with Crippen LogP contribution in [0.1, 0.15) is 31.7 Å².